The van der Waals surface area contributed by atoms with Crippen molar-refractivity contribution in [2.24, 2.45) is 5.41 Å². The van der Waals surface area contributed by atoms with E-state index in [2.05, 4.69) is 45.6 Å². The highest BCUT2D eigenvalue weighted by Gasteiger charge is 2.32. The van der Waals surface area contributed by atoms with Crippen molar-refractivity contribution in [3.63, 3.8) is 0 Å². The Morgan fingerprint density at radius 2 is 1.83 bits per heavy atom. The second kappa shape index (κ2) is 3.02. The van der Waals surface area contributed by atoms with E-state index in [1.54, 1.807) is 0 Å². The molecule has 1 rings (SSSR count). The van der Waals surface area contributed by atoms with Crippen LogP contribution >= 0.6 is 0 Å². The van der Waals surface area contributed by atoms with Crippen LogP contribution in [0.1, 0.15) is 26.7 Å². The van der Waals surface area contributed by atoms with Crippen LogP contribution in [-0.2, 0) is 0 Å². The Morgan fingerprint density at radius 3 is 2.17 bits per heavy atom. The van der Waals surface area contributed by atoms with Crippen LogP contribution in [0.3, 0.4) is 0 Å². The average Bonchev–Trinajstić information content (AvgIpc) is 1.83. The van der Waals surface area contributed by atoms with Crippen molar-refractivity contribution in [3.8, 4) is 0 Å². The fourth-order valence-electron chi connectivity index (χ4n) is 1.89. The van der Waals surface area contributed by atoms with E-state index >= 15 is 0 Å². The molecule has 70 valence electrons. The van der Waals surface area contributed by atoms with Gasteiger partial charge in [-0.25, -0.2) is 0 Å². The number of hydrogen-bond donors (Lipinski definition) is 0. The summed E-state index contributed by atoms with van der Waals surface area (Å²) in [4.78, 5) is 0. The van der Waals surface area contributed by atoms with E-state index in [0.29, 0.717) is 5.41 Å². The van der Waals surface area contributed by atoms with Gasteiger partial charge in [0.15, 0.2) is 0 Å². The van der Waals surface area contributed by atoms with Gasteiger partial charge in [0.05, 0.1) is 8.07 Å². The van der Waals surface area contributed by atoms with Gasteiger partial charge >= 0.3 is 0 Å². The maximum Gasteiger partial charge on any atom is 0.0513 e. The number of hydrogen-bond acceptors (Lipinski definition) is 0. The van der Waals surface area contributed by atoms with Crippen molar-refractivity contribution in [2.75, 3.05) is 0 Å². The van der Waals surface area contributed by atoms with Crippen LogP contribution < -0.4 is 0 Å². The Balaban J connectivity index is 2.71. The third-order valence-corrected chi connectivity index (χ3v) is 5.55. The molecule has 0 aromatic heterocycles. The number of rotatable bonds is 1. The monoisotopic (exact) mass is 182 g/mol. The molecule has 0 heterocycles. The maximum absolute atomic E-state index is 2.48. The van der Waals surface area contributed by atoms with Crippen LogP contribution in [0.5, 0.6) is 0 Å². The summed E-state index contributed by atoms with van der Waals surface area (Å²) in [6, 6.07) is 0. The molecule has 0 spiro atoms. The van der Waals surface area contributed by atoms with Gasteiger partial charge in [0.2, 0.25) is 0 Å². The van der Waals surface area contributed by atoms with Crippen LogP contribution in [0.2, 0.25) is 25.2 Å². The molecule has 0 aliphatic heterocycles. The quantitative estimate of drug-likeness (QED) is 0.423. The number of allylic oxidation sites excluding steroid dienone is 2. The molecule has 0 aromatic carbocycles. The third kappa shape index (κ3) is 2.48. The predicted octanol–water partition coefficient (Wildman–Crippen LogP) is 4.07. The molecular weight excluding hydrogens is 160 g/mol. The largest absolute Gasteiger partial charge is 0.0881 e. The highest BCUT2D eigenvalue weighted by atomic mass is 28.3. The Bertz CT molecular complexity index is 184. The molecule has 0 radical (unpaired) electrons. The molecule has 0 saturated carbocycles. The lowest BCUT2D eigenvalue weighted by Crippen LogP contribution is -2.32. The molecule has 1 heteroatoms. The average molecular weight is 182 g/mol. The topological polar surface area (TPSA) is 0 Å². The first-order chi connectivity index (χ1) is 5.31. The molecule has 0 N–H and O–H groups in total. The van der Waals surface area contributed by atoms with Crippen molar-refractivity contribution >= 4 is 8.07 Å². The van der Waals surface area contributed by atoms with Crippen molar-refractivity contribution in [2.45, 2.75) is 51.9 Å². The van der Waals surface area contributed by atoms with Crippen molar-refractivity contribution in [1.82, 2.24) is 0 Å². The third-order valence-electron chi connectivity index (χ3n) is 2.92. The van der Waals surface area contributed by atoms with Gasteiger partial charge in [-0.2, -0.15) is 0 Å². The van der Waals surface area contributed by atoms with Gasteiger partial charge < -0.3 is 0 Å². The van der Waals surface area contributed by atoms with Crippen LogP contribution in [0.4, 0.5) is 0 Å². The van der Waals surface area contributed by atoms with E-state index in [1.807, 2.05) is 0 Å². The first-order valence-electron chi connectivity index (χ1n) is 4.98. The molecule has 0 bridgehead atoms. The van der Waals surface area contributed by atoms with Crippen molar-refractivity contribution in [1.29, 1.82) is 0 Å². The zero-order valence-corrected chi connectivity index (χ0v) is 10.1. The molecule has 0 aromatic rings. The van der Waals surface area contributed by atoms with Crippen molar-refractivity contribution < 1.29 is 0 Å². The maximum atomic E-state index is 2.48. The summed E-state index contributed by atoms with van der Waals surface area (Å²) >= 11 is 0. The fraction of sp³-hybridized carbons (Fsp3) is 0.818. The normalized spacial score (nSPS) is 28.9. The zero-order valence-electron chi connectivity index (χ0n) is 9.15. The molecule has 1 atom stereocenters. The Kier molecular flexibility index (Phi) is 2.53. The first-order valence-corrected chi connectivity index (χ1v) is 8.56. The van der Waals surface area contributed by atoms with E-state index in [1.165, 1.54) is 12.8 Å². The SMILES string of the molecule is CC1(C)CC=CC([Si](C)(C)C)C1. The molecule has 1 aliphatic rings. The van der Waals surface area contributed by atoms with Gasteiger partial charge in [-0.1, -0.05) is 45.6 Å². The Morgan fingerprint density at radius 1 is 1.25 bits per heavy atom. The summed E-state index contributed by atoms with van der Waals surface area (Å²) in [7, 11) is -0.932. The minimum atomic E-state index is -0.932. The van der Waals surface area contributed by atoms with Gasteiger partial charge in [0.25, 0.3) is 0 Å². The summed E-state index contributed by atoms with van der Waals surface area (Å²) in [5.41, 5.74) is 1.46. The Labute approximate surface area is 78.1 Å². The summed E-state index contributed by atoms with van der Waals surface area (Å²) in [6.45, 7) is 12.2. The molecule has 0 nitrogen and oxygen atoms in total. The summed E-state index contributed by atoms with van der Waals surface area (Å²) in [5, 5.41) is 0. The Hall–Kier alpha value is -0.0431. The predicted molar refractivity (Wildman–Crippen MR) is 59.3 cm³/mol. The zero-order chi connectivity index (χ0) is 9.41. The lowest BCUT2D eigenvalue weighted by molar-refractivity contribution is 0.328. The van der Waals surface area contributed by atoms with Crippen LogP contribution in [0.15, 0.2) is 12.2 Å². The standard InChI is InChI=1S/C11H22Si/c1-11(2)8-6-7-10(9-11)12(3,4)5/h6-7,10H,8-9H2,1-5H3. The van der Waals surface area contributed by atoms with Gasteiger partial charge in [-0.15, -0.1) is 0 Å². The van der Waals surface area contributed by atoms with E-state index in [4.69, 9.17) is 0 Å². The molecule has 1 aliphatic carbocycles. The van der Waals surface area contributed by atoms with Gasteiger partial charge in [0.1, 0.15) is 0 Å². The molecule has 1 unspecified atom stereocenters. The minimum Gasteiger partial charge on any atom is -0.0881 e. The molecule has 0 saturated heterocycles. The van der Waals surface area contributed by atoms with E-state index in [-0.39, 0.29) is 0 Å². The second-order valence-electron chi connectivity index (χ2n) is 5.97. The highest BCUT2D eigenvalue weighted by molar-refractivity contribution is 6.78. The van der Waals surface area contributed by atoms with E-state index in [9.17, 15) is 0 Å². The van der Waals surface area contributed by atoms with Gasteiger partial charge in [-0.3, -0.25) is 0 Å². The molecule has 0 amide bonds. The molecular formula is C11H22Si. The molecule has 0 fully saturated rings. The smallest absolute Gasteiger partial charge is 0.0513 e. The van der Waals surface area contributed by atoms with E-state index < -0.39 is 8.07 Å². The van der Waals surface area contributed by atoms with Crippen LogP contribution in [-0.4, -0.2) is 8.07 Å². The highest BCUT2D eigenvalue weighted by Crippen LogP contribution is 2.41. The summed E-state index contributed by atoms with van der Waals surface area (Å²) < 4.78 is 0. The lowest BCUT2D eigenvalue weighted by atomic mass is 9.81. The van der Waals surface area contributed by atoms with Gasteiger partial charge in [-0.05, 0) is 23.8 Å². The van der Waals surface area contributed by atoms with Crippen LogP contribution in [0, 0.1) is 5.41 Å². The second-order valence-corrected chi connectivity index (χ2v) is 11.4. The van der Waals surface area contributed by atoms with Crippen LogP contribution in [0.25, 0.3) is 0 Å². The molecule has 12 heavy (non-hydrogen) atoms. The summed E-state index contributed by atoms with van der Waals surface area (Å²) in [6.07, 6.45) is 7.54. The van der Waals surface area contributed by atoms with E-state index in [0.717, 1.165) is 5.54 Å². The fourth-order valence-corrected chi connectivity index (χ4v) is 3.77. The summed E-state index contributed by atoms with van der Waals surface area (Å²) in [5.74, 6) is 0. The van der Waals surface area contributed by atoms with Gasteiger partial charge in [0, 0.05) is 0 Å². The lowest BCUT2D eigenvalue weighted by Gasteiger charge is -2.37. The minimum absolute atomic E-state index is 0.555. The van der Waals surface area contributed by atoms with Crippen molar-refractivity contribution in [3.05, 3.63) is 12.2 Å². The first kappa shape index (κ1) is 10.0.